The summed E-state index contributed by atoms with van der Waals surface area (Å²) in [5.41, 5.74) is -3.25. The van der Waals surface area contributed by atoms with Crippen LogP contribution in [0.2, 0.25) is 18.1 Å². The van der Waals surface area contributed by atoms with Crippen molar-refractivity contribution in [2.24, 2.45) is 0 Å². The summed E-state index contributed by atoms with van der Waals surface area (Å²) in [6.45, 7) is 14.8. The molecular weight excluding hydrogens is 760 g/mol. The molecule has 0 bridgehead atoms. The van der Waals surface area contributed by atoms with Crippen LogP contribution >= 0.6 is 19.5 Å². The number of nitrogens with one attached hydrogen (secondary N) is 2. The number of thiocarbonyl (C=S) groups is 1. The van der Waals surface area contributed by atoms with E-state index in [2.05, 4.69) is 75.4 Å². The fourth-order valence-electron chi connectivity index (χ4n) is 4.67. The molecule has 3 nitrogen and oxygen atoms in total. The van der Waals surface area contributed by atoms with Crippen molar-refractivity contribution >= 4 is 49.2 Å². The molecule has 0 aromatic heterocycles. The van der Waals surface area contributed by atoms with Gasteiger partial charge < -0.3 is 39.0 Å². The van der Waals surface area contributed by atoms with Gasteiger partial charge in [0, 0.05) is 5.69 Å². The quantitative estimate of drug-likeness (QED) is 0.0904. The third-order valence-electron chi connectivity index (χ3n) is 8.23. The van der Waals surface area contributed by atoms with Crippen molar-refractivity contribution in [2.75, 3.05) is 18.1 Å². The molecule has 0 fully saturated rings. The third-order valence-corrected chi connectivity index (χ3v) is 17.0. The van der Waals surface area contributed by atoms with E-state index in [0.717, 1.165) is 10.6 Å². The number of rotatable bonds is 9. The van der Waals surface area contributed by atoms with Crippen LogP contribution in [0.4, 0.5) is 32.0 Å². The van der Waals surface area contributed by atoms with Gasteiger partial charge in [-0.25, -0.2) is 0 Å². The van der Waals surface area contributed by atoms with E-state index < -0.39 is 56.9 Å². The molecule has 0 saturated carbocycles. The summed E-state index contributed by atoms with van der Waals surface area (Å²) in [7, 11) is -4.39. The molecular formula is C32H40F6IN2OPSSi. The van der Waals surface area contributed by atoms with Gasteiger partial charge in [0.1, 0.15) is 0 Å². The lowest BCUT2D eigenvalue weighted by molar-refractivity contribution is -0.143. The van der Waals surface area contributed by atoms with Gasteiger partial charge in [-0.2, -0.15) is 26.3 Å². The van der Waals surface area contributed by atoms with E-state index in [0.29, 0.717) is 18.3 Å². The molecule has 3 rings (SSSR count). The summed E-state index contributed by atoms with van der Waals surface area (Å²) < 4.78 is 87.8. The fourth-order valence-corrected chi connectivity index (χ4v) is 9.94. The molecule has 0 saturated heterocycles. The summed E-state index contributed by atoms with van der Waals surface area (Å²) >= 11 is 5.53. The first-order chi connectivity index (χ1) is 20.1. The van der Waals surface area contributed by atoms with Crippen molar-refractivity contribution in [1.82, 2.24) is 5.32 Å². The molecule has 3 aromatic carbocycles. The Morgan fingerprint density at radius 1 is 0.822 bits per heavy atom. The first kappa shape index (κ1) is 39.4. The Labute approximate surface area is 286 Å². The van der Waals surface area contributed by atoms with Crippen molar-refractivity contribution in [1.29, 1.82) is 0 Å². The summed E-state index contributed by atoms with van der Waals surface area (Å²) in [5, 5.41) is 7.92. The van der Waals surface area contributed by atoms with Crippen molar-refractivity contribution in [3.63, 3.8) is 0 Å². The Balaban J connectivity index is 0.00000705. The monoisotopic (exact) mass is 800 g/mol. The average molecular weight is 801 g/mol. The van der Waals surface area contributed by atoms with Gasteiger partial charge in [-0.15, -0.1) is 0 Å². The highest BCUT2D eigenvalue weighted by Gasteiger charge is 2.45. The summed E-state index contributed by atoms with van der Waals surface area (Å²) in [6.07, 6.45) is -9.78. The molecule has 0 heterocycles. The number of alkyl halides is 6. The number of hydrogen-bond donors (Lipinski definition) is 2. The average Bonchev–Trinajstić information content (AvgIpc) is 2.91. The summed E-state index contributed by atoms with van der Waals surface area (Å²) in [5.74, 6) is 0. The molecule has 0 aliphatic heterocycles. The van der Waals surface area contributed by atoms with E-state index in [1.54, 1.807) is 0 Å². The molecule has 0 aliphatic carbocycles. The number of benzene rings is 3. The lowest BCUT2D eigenvalue weighted by Gasteiger charge is -2.41. The van der Waals surface area contributed by atoms with Crippen LogP contribution in [0.25, 0.3) is 0 Å². The van der Waals surface area contributed by atoms with Gasteiger partial charge in [-0.3, -0.25) is 0 Å². The second-order valence-electron chi connectivity index (χ2n) is 12.6. The molecule has 0 aliphatic rings. The number of anilines is 1. The second-order valence-corrected chi connectivity index (χ2v) is 21.6. The molecule has 0 unspecified atom stereocenters. The molecule has 3 aromatic rings. The highest BCUT2D eigenvalue weighted by molar-refractivity contribution is 7.89. The van der Waals surface area contributed by atoms with Crippen molar-refractivity contribution in [2.45, 2.75) is 70.3 Å². The van der Waals surface area contributed by atoms with Crippen LogP contribution in [0.3, 0.4) is 0 Å². The Morgan fingerprint density at radius 3 is 1.62 bits per heavy atom. The number of hydrogen-bond acceptors (Lipinski definition) is 2. The minimum absolute atomic E-state index is 0. The van der Waals surface area contributed by atoms with Gasteiger partial charge in [0.25, 0.3) is 0 Å². The SMILES string of the molecule is C[C@@H](O[Si](C)(C)C(C)(C)C)[C@@H](C[P+](C)(c1ccccc1)c1ccccc1)NC(=S)Nc1cc(C(F)(F)F)cc(C(F)(F)F)c1.[I-]. The normalized spacial score (nSPS) is 14.2. The van der Waals surface area contributed by atoms with Gasteiger partial charge >= 0.3 is 12.4 Å². The smallest absolute Gasteiger partial charge is 0.416 e. The summed E-state index contributed by atoms with van der Waals surface area (Å²) in [6, 6.07) is 21.0. The van der Waals surface area contributed by atoms with Crippen LogP contribution in [-0.4, -0.2) is 38.4 Å². The lowest BCUT2D eigenvalue weighted by atomic mass is 10.1. The minimum atomic E-state index is -4.97. The van der Waals surface area contributed by atoms with Gasteiger partial charge in [-0.05, 0) is 79.7 Å². The highest BCUT2D eigenvalue weighted by atomic mass is 127. The van der Waals surface area contributed by atoms with Crippen LogP contribution in [0.1, 0.15) is 38.8 Å². The van der Waals surface area contributed by atoms with Gasteiger partial charge in [0.2, 0.25) is 0 Å². The van der Waals surface area contributed by atoms with Crippen LogP contribution in [0.15, 0.2) is 78.9 Å². The molecule has 0 radical (unpaired) electrons. The number of halogens is 7. The maximum Gasteiger partial charge on any atom is 0.416 e. The van der Waals surface area contributed by atoms with E-state index in [1.807, 2.05) is 43.3 Å². The van der Waals surface area contributed by atoms with Gasteiger partial charge in [0.05, 0.1) is 54.0 Å². The molecule has 13 heteroatoms. The first-order valence-electron chi connectivity index (χ1n) is 14.1. The molecule has 2 N–H and O–H groups in total. The molecule has 0 spiro atoms. The van der Waals surface area contributed by atoms with Crippen LogP contribution < -0.4 is 45.2 Å². The largest absolute Gasteiger partial charge is 1.00 e. The van der Waals surface area contributed by atoms with E-state index in [4.69, 9.17) is 16.6 Å². The molecule has 2 atom stereocenters. The minimum Gasteiger partial charge on any atom is -1.00 e. The maximum atomic E-state index is 13.5. The van der Waals surface area contributed by atoms with E-state index >= 15 is 0 Å². The Kier molecular flexibility index (Phi) is 13.2. The fraction of sp³-hybridized carbons (Fsp3) is 0.406. The van der Waals surface area contributed by atoms with Crippen molar-refractivity contribution < 1.29 is 54.7 Å². The van der Waals surface area contributed by atoms with Crippen molar-refractivity contribution in [3.8, 4) is 0 Å². The zero-order chi connectivity index (χ0) is 33.1. The third kappa shape index (κ3) is 10.4. The van der Waals surface area contributed by atoms with E-state index in [9.17, 15) is 26.3 Å². The highest BCUT2D eigenvalue weighted by Crippen LogP contribution is 2.53. The van der Waals surface area contributed by atoms with Crippen LogP contribution in [0.5, 0.6) is 0 Å². The van der Waals surface area contributed by atoms with Gasteiger partial charge in [-0.1, -0.05) is 57.2 Å². The second kappa shape index (κ2) is 15.0. The topological polar surface area (TPSA) is 33.3 Å². The summed E-state index contributed by atoms with van der Waals surface area (Å²) in [4.78, 5) is 0. The van der Waals surface area contributed by atoms with Crippen molar-refractivity contribution in [3.05, 3.63) is 90.0 Å². The molecule has 248 valence electrons. The predicted molar refractivity (Wildman–Crippen MR) is 177 cm³/mol. The van der Waals surface area contributed by atoms with Crippen LogP contribution in [-0.2, 0) is 16.8 Å². The Hall–Kier alpha value is -1.73. The zero-order valence-electron chi connectivity index (χ0n) is 26.3. The first-order valence-corrected chi connectivity index (χ1v) is 19.9. The Morgan fingerprint density at radius 2 is 1.24 bits per heavy atom. The van der Waals surface area contributed by atoms with E-state index in [1.165, 1.54) is 0 Å². The van der Waals surface area contributed by atoms with E-state index in [-0.39, 0.29) is 40.2 Å². The zero-order valence-corrected chi connectivity index (χ0v) is 31.1. The molecule has 0 amide bonds. The predicted octanol–water partition coefficient (Wildman–Crippen LogP) is 6.09. The maximum absolute atomic E-state index is 13.5. The molecule has 45 heavy (non-hydrogen) atoms. The van der Waals surface area contributed by atoms with Crippen LogP contribution in [0, 0.1) is 0 Å². The lowest BCUT2D eigenvalue weighted by Crippen LogP contribution is -3.00. The van der Waals surface area contributed by atoms with Gasteiger partial charge in [0.15, 0.2) is 13.4 Å². The Bertz CT molecular complexity index is 1350. The standard InChI is InChI=1S/C32H39F6N2OPSSi.HI/c1-22(41-44(6,7)30(2,3)4)28(21-42(5,26-14-10-8-11-15-26)27-16-12-9-13-17-27)40-29(43)39-25-19-23(31(33,34)35)18-24(20-25)32(36,37)38;/h8-20,22,28H,21H2,1-7H3,(H-,39,40,43);1H/t22-,28-;/m1./s1.